The van der Waals surface area contributed by atoms with Gasteiger partial charge in [0.2, 0.25) is 0 Å². The van der Waals surface area contributed by atoms with Gasteiger partial charge in [0, 0.05) is 46.0 Å². The minimum absolute atomic E-state index is 0. The summed E-state index contributed by atoms with van der Waals surface area (Å²) < 4.78 is 0. The zero-order chi connectivity index (χ0) is 19.8. The van der Waals surface area contributed by atoms with Crippen LogP contribution in [0.3, 0.4) is 0 Å². The summed E-state index contributed by atoms with van der Waals surface area (Å²) in [6, 6.07) is 18.2. The first-order chi connectivity index (χ1) is 13.7. The highest BCUT2D eigenvalue weighted by molar-refractivity contribution is 14.0. The minimum Gasteiger partial charge on any atom is -0.352 e. The Hall–Kier alpha value is -2.29. The van der Waals surface area contributed by atoms with Crippen LogP contribution in [0.5, 0.6) is 0 Å². The van der Waals surface area contributed by atoms with Crippen molar-refractivity contribution in [2.45, 2.75) is 25.9 Å². The normalized spacial score (nSPS) is 13.6. The maximum Gasteiger partial charge on any atom is 0.321 e. The Morgan fingerprint density at radius 2 is 1.76 bits per heavy atom. The van der Waals surface area contributed by atoms with Gasteiger partial charge in [-0.25, -0.2) is 4.79 Å². The molecule has 7 heteroatoms. The number of nitrogens with one attached hydrogen (secondary N) is 2. The lowest BCUT2D eigenvalue weighted by Crippen LogP contribution is -2.38. The first-order valence-corrected chi connectivity index (χ1v) is 9.76. The number of benzene rings is 2. The highest BCUT2D eigenvalue weighted by atomic mass is 127. The van der Waals surface area contributed by atoms with Crippen molar-refractivity contribution in [2.75, 3.05) is 32.5 Å². The van der Waals surface area contributed by atoms with Gasteiger partial charge >= 0.3 is 6.03 Å². The number of hydrogen-bond donors (Lipinski definition) is 2. The average Bonchev–Trinajstić information content (AvgIpc) is 3.24. The number of aliphatic imine (C=N–C) groups is 1. The molecule has 2 amide bonds. The highest BCUT2D eigenvalue weighted by Gasteiger charge is 2.17. The minimum atomic E-state index is -0.0130. The third-order valence-electron chi connectivity index (χ3n) is 4.86. The van der Waals surface area contributed by atoms with Crippen LogP contribution < -0.4 is 10.6 Å². The molecule has 1 aliphatic heterocycles. The number of guanidine groups is 1. The molecule has 2 aromatic carbocycles. The number of rotatable bonds is 5. The second-order valence-corrected chi connectivity index (χ2v) is 7.07. The van der Waals surface area contributed by atoms with E-state index in [1.807, 2.05) is 54.4 Å². The summed E-state index contributed by atoms with van der Waals surface area (Å²) in [5, 5.41) is 6.39. The van der Waals surface area contributed by atoms with E-state index in [0.29, 0.717) is 6.54 Å². The number of anilines is 1. The van der Waals surface area contributed by atoms with Crippen LogP contribution >= 0.6 is 24.0 Å². The molecule has 6 nitrogen and oxygen atoms in total. The third kappa shape index (κ3) is 6.92. The summed E-state index contributed by atoms with van der Waals surface area (Å²) in [5.74, 6) is 0.829. The van der Waals surface area contributed by atoms with Crippen LogP contribution in [0.25, 0.3) is 0 Å². The molecule has 0 aromatic heterocycles. The first kappa shape index (κ1) is 23.0. The van der Waals surface area contributed by atoms with E-state index in [9.17, 15) is 4.79 Å². The molecule has 0 spiro atoms. The molecule has 1 saturated heterocycles. The van der Waals surface area contributed by atoms with Crippen LogP contribution in [0, 0.1) is 0 Å². The van der Waals surface area contributed by atoms with Crippen LogP contribution in [0.2, 0.25) is 0 Å². The van der Waals surface area contributed by atoms with E-state index in [2.05, 4.69) is 32.7 Å². The maximum absolute atomic E-state index is 12.3. The third-order valence-corrected chi connectivity index (χ3v) is 4.86. The number of carbonyl (C=O) groups is 1. The standard InChI is InChI=1S/C22H29N5O.HI/c1-23-21(26(2)17-18-9-4-3-5-10-18)24-16-19-11-8-12-20(15-19)25-22(28)27-13-6-7-14-27;/h3-5,8-12,15H,6-7,13-14,16-17H2,1-2H3,(H,23,24)(H,25,28);1H. The zero-order valence-electron chi connectivity index (χ0n) is 17.1. The van der Waals surface area contributed by atoms with Gasteiger partial charge in [-0.1, -0.05) is 42.5 Å². The molecule has 1 fully saturated rings. The Bertz CT molecular complexity index is 806. The van der Waals surface area contributed by atoms with E-state index in [1.165, 1.54) is 5.56 Å². The second kappa shape index (κ2) is 11.6. The summed E-state index contributed by atoms with van der Waals surface area (Å²) in [5.41, 5.74) is 3.15. The molecule has 0 bridgehead atoms. The van der Waals surface area contributed by atoms with Crippen molar-refractivity contribution in [2.24, 2.45) is 4.99 Å². The molecular formula is C22H30IN5O. The lowest BCUT2D eigenvalue weighted by atomic mass is 10.2. The smallest absolute Gasteiger partial charge is 0.321 e. The summed E-state index contributed by atoms with van der Waals surface area (Å²) in [6.07, 6.45) is 2.18. The predicted octanol–water partition coefficient (Wildman–Crippen LogP) is 4.14. The fraction of sp³-hybridized carbons (Fsp3) is 0.364. The quantitative estimate of drug-likeness (QED) is 0.364. The van der Waals surface area contributed by atoms with E-state index in [4.69, 9.17) is 0 Å². The fourth-order valence-corrected chi connectivity index (χ4v) is 3.38. The second-order valence-electron chi connectivity index (χ2n) is 7.07. The molecule has 2 N–H and O–H groups in total. The van der Waals surface area contributed by atoms with E-state index >= 15 is 0 Å². The predicted molar refractivity (Wildman–Crippen MR) is 130 cm³/mol. The van der Waals surface area contributed by atoms with Gasteiger partial charge in [-0.2, -0.15) is 0 Å². The zero-order valence-corrected chi connectivity index (χ0v) is 19.4. The monoisotopic (exact) mass is 507 g/mol. The van der Waals surface area contributed by atoms with E-state index < -0.39 is 0 Å². The largest absolute Gasteiger partial charge is 0.352 e. The molecule has 1 aliphatic rings. The van der Waals surface area contributed by atoms with Gasteiger partial charge in [-0.15, -0.1) is 24.0 Å². The summed E-state index contributed by atoms with van der Waals surface area (Å²) in [4.78, 5) is 20.6. The average molecular weight is 507 g/mol. The Kier molecular flexibility index (Phi) is 9.24. The molecule has 0 unspecified atom stereocenters. The summed E-state index contributed by atoms with van der Waals surface area (Å²) in [6.45, 7) is 3.11. The van der Waals surface area contributed by atoms with Crippen LogP contribution in [0.4, 0.5) is 10.5 Å². The van der Waals surface area contributed by atoms with Gasteiger partial charge < -0.3 is 20.4 Å². The van der Waals surface area contributed by atoms with E-state index in [1.54, 1.807) is 7.05 Å². The SMILES string of the molecule is CN=C(NCc1cccc(NC(=O)N2CCCC2)c1)N(C)Cc1ccccc1.I. The van der Waals surface area contributed by atoms with E-state index in [0.717, 1.165) is 49.7 Å². The molecule has 0 radical (unpaired) electrons. The molecule has 0 atom stereocenters. The van der Waals surface area contributed by atoms with Gasteiger partial charge in [0.1, 0.15) is 0 Å². The van der Waals surface area contributed by atoms with Crippen molar-refractivity contribution in [3.63, 3.8) is 0 Å². The van der Waals surface area contributed by atoms with Gasteiger partial charge in [0.05, 0.1) is 0 Å². The number of hydrogen-bond acceptors (Lipinski definition) is 2. The van der Waals surface area contributed by atoms with Crippen LogP contribution in [0.1, 0.15) is 24.0 Å². The van der Waals surface area contributed by atoms with Crippen molar-refractivity contribution in [3.8, 4) is 0 Å². The van der Waals surface area contributed by atoms with Crippen LogP contribution in [-0.4, -0.2) is 49.0 Å². The Morgan fingerprint density at radius 1 is 1.07 bits per heavy atom. The maximum atomic E-state index is 12.3. The first-order valence-electron chi connectivity index (χ1n) is 9.76. The number of halogens is 1. The Balaban J connectivity index is 0.00000300. The van der Waals surface area contributed by atoms with Gasteiger partial charge in [-0.3, -0.25) is 4.99 Å². The lowest BCUT2D eigenvalue weighted by molar-refractivity contribution is 0.222. The topological polar surface area (TPSA) is 60.0 Å². The molecule has 3 rings (SSSR count). The summed E-state index contributed by atoms with van der Waals surface area (Å²) in [7, 11) is 3.81. The Labute approximate surface area is 190 Å². The number of likely N-dealkylation sites (tertiary alicyclic amines) is 1. The van der Waals surface area contributed by atoms with Crippen LogP contribution in [0.15, 0.2) is 59.6 Å². The molecule has 29 heavy (non-hydrogen) atoms. The number of nitrogens with zero attached hydrogens (tertiary/aromatic N) is 3. The number of amides is 2. The van der Waals surface area contributed by atoms with Crippen molar-refractivity contribution < 1.29 is 4.79 Å². The van der Waals surface area contributed by atoms with Crippen molar-refractivity contribution in [1.29, 1.82) is 0 Å². The Morgan fingerprint density at radius 3 is 2.45 bits per heavy atom. The highest BCUT2D eigenvalue weighted by Crippen LogP contribution is 2.14. The van der Waals surface area contributed by atoms with Crippen molar-refractivity contribution >= 4 is 41.7 Å². The lowest BCUT2D eigenvalue weighted by Gasteiger charge is -2.22. The molecule has 1 heterocycles. The number of carbonyl (C=O) groups excluding carboxylic acids is 1. The summed E-state index contributed by atoms with van der Waals surface area (Å²) >= 11 is 0. The number of urea groups is 1. The molecule has 156 valence electrons. The van der Waals surface area contributed by atoms with Gasteiger partial charge in [-0.05, 0) is 36.1 Å². The van der Waals surface area contributed by atoms with Gasteiger partial charge in [0.25, 0.3) is 0 Å². The van der Waals surface area contributed by atoms with Crippen molar-refractivity contribution in [1.82, 2.24) is 15.1 Å². The molecule has 0 saturated carbocycles. The fourth-order valence-electron chi connectivity index (χ4n) is 3.38. The van der Waals surface area contributed by atoms with E-state index in [-0.39, 0.29) is 30.0 Å². The van der Waals surface area contributed by atoms with Crippen LogP contribution in [-0.2, 0) is 13.1 Å². The molecular weight excluding hydrogens is 477 g/mol. The van der Waals surface area contributed by atoms with Crippen molar-refractivity contribution in [3.05, 3.63) is 65.7 Å². The molecule has 0 aliphatic carbocycles. The molecule has 2 aromatic rings. The van der Waals surface area contributed by atoms with Gasteiger partial charge in [0.15, 0.2) is 5.96 Å².